The molecule has 0 atom stereocenters. The first-order chi connectivity index (χ1) is 8.24. The average molecular weight is 244 g/mol. The molecule has 1 fully saturated rings. The maximum Gasteiger partial charge on any atom is 0.281 e. The molecule has 0 aliphatic heterocycles. The van der Waals surface area contributed by atoms with E-state index in [1.54, 1.807) is 7.05 Å². The van der Waals surface area contributed by atoms with Gasteiger partial charge in [-0.15, -0.1) is 5.10 Å². The van der Waals surface area contributed by atoms with Gasteiger partial charge in [0.15, 0.2) is 0 Å². The molecular weight excluding hydrogens is 226 g/mol. The highest BCUT2D eigenvalue weighted by Gasteiger charge is 2.26. The van der Waals surface area contributed by atoms with E-state index in [4.69, 9.17) is 0 Å². The van der Waals surface area contributed by atoms with Crippen molar-refractivity contribution in [3.05, 3.63) is 11.4 Å². The summed E-state index contributed by atoms with van der Waals surface area (Å²) in [5.74, 6) is 0. The average Bonchev–Trinajstić information content (AvgIpc) is 2.74. The Hall–Kier alpha value is -1.04. The fourth-order valence-corrected chi connectivity index (χ4v) is 2.45. The first-order valence-electron chi connectivity index (χ1n) is 6.10. The van der Waals surface area contributed by atoms with E-state index in [1.165, 1.54) is 11.1 Å². The molecule has 1 aromatic heterocycles. The number of hydrogen-bond donors (Lipinski definition) is 1. The van der Waals surface area contributed by atoms with Gasteiger partial charge < -0.3 is 5.32 Å². The molecule has 1 N–H and O–H groups in total. The lowest BCUT2D eigenvalue weighted by molar-refractivity contribution is 0.131. The summed E-state index contributed by atoms with van der Waals surface area (Å²) in [4.78, 5) is 0. The van der Waals surface area contributed by atoms with Crippen LogP contribution in [0.1, 0.15) is 56.0 Å². The van der Waals surface area contributed by atoms with Gasteiger partial charge in [0.2, 0.25) is 0 Å². The fraction of sp³-hybridized carbons (Fsp3) is 0.818. The molecule has 1 aliphatic carbocycles. The Balaban J connectivity index is 2.25. The second kappa shape index (κ2) is 5.53. The highest BCUT2D eigenvalue weighted by Crippen LogP contribution is 2.32. The lowest BCUT2D eigenvalue weighted by Crippen LogP contribution is -2.18. The second-order valence-corrected chi connectivity index (χ2v) is 4.49. The quantitative estimate of drug-likeness (QED) is 0.884. The summed E-state index contributed by atoms with van der Waals surface area (Å²) < 4.78 is 27.6. The van der Waals surface area contributed by atoms with Gasteiger partial charge in [-0.05, 0) is 19.9 Å². The van der Waals surface area contributed by atoms with Crippen LogP contribution in [0.2, 0.25) is 0 Å². The molecule has 0 bridgehead atoms. The molecule has 0 spiro atoms. The molecule has 17 heavy (non-hydrogen) atoms. The number of nitrogens with one attached hydrogen (secondary N) is 1. The molecule has 0 amide bonds. The van der Waals surface area contributed by atoms with Crippen molar-refractivity contribution < 1.29 is 8.78 Å². The van der Waals surface area contributed by atoms with Crippen molar-refractivity contribution in [2.45, 2.75) is 51.1 Å². The standard InChI is InChI=1S/C11H18F2N4/c1-14-7-9-10(11(12)13)17(16-15-9)8-5-3-2-4-6-8/h8,11,14H,2-7H2,1H3. The van der Waals surface area contributed by atoms with E-state index in [0.717, 1.165) is 25.7 Å². The molecule has 4 nitrogen and oxygen atoms in total. The molecule has 96 valence electrons. The van der Waals surface area contributed by atoms with Crippen molar-refractivity contribution in [3.63, 3.8) is 0 Å². The number of alkyl halides is 2. The van der Waals surface area contributed by atoms with Gasteiger partial charge in [0.25, 0.3) is 6.43 Å². The van der Waals surface area contributed by atoms with Crippen LogP contribution < -0.4 is 5.32 Å². The Labute approximate surface area is 99.4 Å². The van der Waals surface area contributed by atoms with Crippen molar-refractivity contribution >= 4 is 0 Å². The number of rotatable bonds is 4. The van der Waals surface area contributed by atoms with E-state index in [-0.39, 0.29) is 11.7 Å². The van der Waals surface area contributed by atoms with Gasteiger partial charge in [0.05, 0.1) is 6.04 Å². The van der Waals surface area contributed by atoms with Crippen LogP contribution in [0.4, 0.5) is 8.78 Å². The third kappa shape index (κ3) is 2.62. The van der Waals surface area contributed by atoms with Crippen LogP contribution in [0.15, 0.2) is 0 Å². The molecule has 1 saturated carbocycles. The molecule has 0 unspecified atom stereocenters. The van der Waals surface area contributed by atoms with Gasteiger partial charge in [-0.2, -0.15) is 0 Å². The number of nitrogens with zero attached hydrogens (tertiary/aromatic N) is 3. The highest BCUT2D eigenvalue weighted by atomic mass is 19.3. The van der Waals surface area contributed by atoms with Crippen molar-refractivity contribution in [3.8, 4) is 0 Å². The predicted molar refractivity (Wildman–Crippen MR) is 59.9 cm³/mol. The Morgan fingerprint density at radius 3 is 2.65 bits per heavy atom. The number of halogens is 2. The normalized spacial score (nSPS) is 17.9. The smallest absolute Gasteiger partial charge is 0.281 e. The van der Waals surface area contributed by atoms with Crippen LogP contribution in [-0.2, 0) is 6.54 Å². The first kappa shape index (κ1) is 12.4. The molecular formula is C11H18F2N4. The molecule has 1 aromatic rings. The molecule has 0 aromatic carbocycles. The number of hydrogen-bond acceptors (Lipinski definition) is 3. The van der Waals surface area contributed by atoms with Gasteiger partial charge in [0.1, 0.15) is 11.4 Å². The Morgan fingerprint density at radius 1 is 1.35 bits per heavy atom. The maximum absolute atomic E-state index is 13.1. The zero-order valence-corrected chi connectivity index (χ0v) is 9.99. The van der Waals surface area contributed by atoms with Crippen LogP contribution in [0.5, 0.6) is 0 Å². The molecule has 0 radical (unpaired) electrons. The minimum absolute atomic E-state index is 0.00810. The van der Waals surface area contributed by atoms with E-state index in [2.05, 4.69) is 15.6 Å². The summed E-state index contributed by atoms with van der Waals surface area (Å²) in [7, 11) is 1.72. The van der Waals surface area contributed by atoms with Gasteiger partial charge in [-0.1, -0.05) is 24.5 Å². The summed E-state index contributed by atoms with van der Waals surface area (Å²) in [5, 5.41) is 10.6. The first-order valence-corrected chi connectivity index (χ1v) is 6.10. The van der Waals surface area contributed by atoms with Crippen molar-refractivity contribution in [2.24, 2.45) is 0 Å². The highest BCUT2D eigenvalue weighted by molar-refractivity contribution is 5.12. The lowest BCUT2D eigenvalue weighted by atomic mass is 9.95. The van der Waals surface area contributed by atoms with Crippen molar-refractivity contribution in [1.82, 2.24) is 20.3 Å². The summed E-state index contributed by atoms with van der Waals surface area (Å²) in [5.41, 5.74) is 0.360. The molecule has 1 heterocycles. The zero-order valence-electron chi connectivity index (χ0n) is 9.99. The maximum atomic E-state index is 13.1. The van der Waals surface area contributed by atoms with Crippen LogP contribution in [0.25, 0.3) is 0 Å². The molecule has 6 heteroatoms. The monoisotopic (exact) mass is 244 g/mol. The lowest BCUT2D eigenvalue weighted by Gasteiger charge is -2.23. The summed E-state index contributed by atoms with van der Waals surface area (Å²) >= 11 is 0. The Morgan fingerprint density at radius 2 is 2.06 bits per heavy atom. The largest absolute Gasteiger partial charge is 0.314 e. The topological polar surface area (TPSA) is 42.7 Å². The van der Waals surface area contributed by atoms with E-state index in [0.29, 0.717) is 12.2 Å². The van der Waals surface area contributed by atoms with Crippen LogP contribution in [0, 0.1) is 0 Å². The van der Waals surface area contributed by atoms with Crippen LogP contribution in [0.3, 0.4) is 0 Å². The van der Waals surface area contributed by atoms with Crippen LogP contribution in [-0.4, -0.2) is 22.0 Å². The van der Waals surface area contributed by atoms with Gasteiger partial charge in [-0.3, -0.25) is 0 Å². The molecule has 1 aliphatic rings. The minimum atomic E-state index is -2.50. The van der Waals surface area contributed by atoms with E-state index in [1.807, 2.05) is 0 Å². The van der Waals surface area contributed by atoms with Gasteiger partial charge >= 0.3 is 0 Å². The summed E-state index contributed by atoms with van der Waals surface area (Å²) in [6, 6.07) is 0.103. The Kier molecular flexibility index (Phi) is 4.04. The Bertz CT molecular complexity index is 358. The molecule has 0 saturated heterocycles. The van der Waals surface area contributed by atoms with E-state index in [9.17, 15) is 8.78 Å². The number of aromatic nitrogens is 3. The zero-order chi connectivity index (χ0) is 12.3. The second-order valence-electron chi connectivity index (χ2n) is 4.49. The third-order valence-electron chi connectivity index (χ3n) is 3.28. The minimum Gasteiger partial charge on any atom is -0.314 e. The third-order valence-corrected chi connectivity index (χ3v) is 3.28. The summed E-state index contributed by atoms with van der Waals surface area (Å²) in [6.07, 6.45) is 2.74. The van der Waals surface area contributed by atoms with Gasteiger partial charge in [-0.25, -0.2) is 13.5 Å². The predicted octanol–water partition coefficient (Wildman–Crippen LogP) is 2.44. The SMILES string of the molecule is CNCc1nnn(C2CCCCC2)c1C(F)F. The summed E-state index contributed by atoms with van der Waals surface area (Å²) in [6.45, 7) is 0.340. The van der Waals surface area contributed by atoms with Gasteiger partial charge in [0, 0.05) is 6.54 Å². The van der Waals surface area contributed by atoms with Crippen molar-refractivity contribution in [2.75, 3.05) is 7.05 Å². The fourth-order valence-electron chi connectivity index (χ4n) is 2.45. The van der Waals surface area contributed by atoms with Crippen LogP contribution >= 0.6 is 0 Å². The van der Waals surface area contributed by atoms with Crippen molar-refractivity contribution in [1.29, 1.82) is 0 Å². The molecule has 2 rings (SSSR count). The van der Waals surface area contributed by atoms with E-state index < -0.39 is 6.43 Å². The van der Waals surface area contributed by atoms with E-state index >= 15 is 0 Å².